The summed E-state index contributed by atoms with van der Waals surface area (Å²) in [6.45, 7) is 4.15. The Bertz CT molecular complexity index is 544. The van der Waals surface area contributed by atoms with Gasteiger partial charge in [0.1, 0.15) is 10.0 Å². The Morgan fingerprint density at radius 1 is 1.37 bits per heavy atom. The summed E-state index contributed by atoms with van der Waals surface area (Å²) in [7, 11) is 0. The predicted molar refractivity (Wildman–Crippen MR) is 84.9 cm³/mol. The van der Waals surface area contributed by atoms with Gasteiger partial charge in [0.15, 0.2) is 0 Å². The Labute approximate surface area is 130 Å². The van der Waals surface area contributed by atoms with Crippen LogP contribution < -0.4 is 5.32 Å². The van der Waals surface area contributed by atoms with Gasteiger partial charge in [-0.05, 0) is 47.6 Å². The second-order valence-corrected chi connectivity index (χ2v) is 6.41. The molecule has 1 aromatic heterocycles. The lowest BCUT2D eigenvalue weighted by molar-refractivity contribution is 0.669. The van der Waals surface area contributed by atoms with E-state index in [0.717, 1.165) is 46.0 Å². The lowest BCUT2D eigenvalue weighted by Crippen LogP contribution is -2.14. The molecule has 1 aromatic carbocycles. The van der Waals surface area contributed by atoms with Gasteiger partial charge >= 0.3 is 0 Å². The third kappa shape index (κ3) is 4.24. The number of hydrogen-bond acceptors (Lipinski definition) is 4. The van der Waals surface area contributed by atoms with Gasteiger partial charge in [-0.1, -0.05) is 35.9 Å². The molecule has 0 radical (unpaired) electrons. The minimum Gasteiger partial charge on any atom is -0.317 e. The number of rotatable bonds is 6. The summed E-state index contributed by atoms with van der Waals surface area (Å²) in [5.74, 6) is 0. The zero-order chi connectivity index (χ0) is 13.7. The molecule has 1 heterocycles. The van der Waals surface area contributed by atoms with Crippen molar-refractivity contribution in [3.05, 3.63) is 32.7 Å². The number of hydrogen-bond donors (Lipinski definition) is 1. The smallest absolute Gasteiger partial charge is 0.147 e. The van der Waals surface area contributed by atoms with Crippen molar-refractivity contribution in [3.63, 3.8) is 0 Å². The number of halogens is 2. The number of nitrogens with zero attached hydrogens (tertiary/aromatic N) is 2. The van der Waals surface area contributed by atoms with Crippen LogP contribution in [-0.2, 0) is 6.42 Å². The van der Waals surface area contributed by atoms with Crippen molar-refractivity contribution in [2.75, 3.05) is 13.1 Å². The SMILES string of the molecule is CCNCCCc1nnc(-c2ccc(Cl)c(Br)c2)s1. The van der Waals surface area contributed by atoms with Crippen molar-refractivity contribution in [3.8, 4) is 10.6 Å². The highest BCUT2D eigenvalue weighted by Gasteiger charge is 2.08. The Kier molecular flexibility index (Phi) is 5.76. The third-order valence-electron chi connectivity index (χ3n) is 2.63. The lowest BCUT2D eigenvalue weighted by atomic mass is 10.2. The highest BCUT2D eigenvalue weighted by Crippen LogP contribution is 2.30. The van der Waals surface area contributed by atoms with E-state index in [9.17, 15) is 0 Å². The molecule has 0 saturated heterocycles. The molecule has 0 aliphatic carbocycles. The Balaban J connectivity index is 2.01. The van der Waals surface area contributed by atoms with Gasteiger partial charge in [0.2, 0.25) is 0 Å². The van der Waals surface area contributed by atoms with E-state index >= 15 is 0 Å². The van der Waals surface area contributed by atoms with Crippen molar-refractivity contribution < 1.29 is 0 Å². The van der Waals surface area contributed by atoms with E-state index in [1.165, 1.54) is 0 Å². The summed E-state index contributed by atoms with van der Waals surface area (Å²) in [5.41, 5.74) is 1.05. The van der Waals surface area contributed by atoms with Crippen LogP contribution >= 0.6 is 38.9 Å². The van der Waals surface area contributed by atoms with Crippen molar-refractivity contribution in [1.29, 1.82) is 0 Å². The maximum absolute atomic E-state index is 5.99. The number of aromatic nitrogens is 2. The van der Waals surface area contributed by atoms with Crippen molar-refractivity contribution in [2.24, 2.45) is 0 Å². The van der Waals surface area contributed by atoms with E-state index in [2.05, 4.69) is 38.4 Å². The van der Waals surface area contributed by atoms with Gasteiger partial charge in [-0.25, -0.2) is 0 Å². The number of aryl methyl sites for hydroxylation is 1. The van der Waals surface area contributed by atoms with Crippen LogP contribution in [0.15, 0.2) is 22.7 Å². The normalized spacial score (nSPS) is 10.9. The molecule has 0 amide bonds. The highest BCUT2D eigenvalue weighted by molar-refractivity contribution is 9.10. The molecule has 0 atom stereocenters. The van der Waals surface area contributed by atoms with Gasteiger partial charge in [0, 0.05) is 16.5 Å². The minimum absolute atomic E-state index is 0.708. The largest absolute Gasteiger partial charge is 0.317 e. The second-order valence-electron chi connectivity index (χ2n) is 4.09. The van der Waals surface area contributed by atoms with Crippen LogP contribution in [0.4, 0.5) is 0 Å². The first kappa shape index (κ1) is 14.9. The summed E-state index contributed by atoms with van der Waals surface area (Å²) in [5, 5.41) is 14.5. The molecule has 2 rings (SSSR count). The molecule has 0 saturated carbocycles. The molecule has 3 nitrogen and oxygen atoms in total. The summed E-state index contributed by atoms with van der Waals surface area (Å²) in [6.07, 6.45) is 2.06. The fraction of sp³-hybridized carbons (Fsp3) is 0.385. The average Bonchev–Trinajstić information content (AvgIpc) is 2.87. The van der Waals surface area contributed by atoms with E-state index in [-0.39, 0.29) is 0 Å². The van der Waals surface area contributed by atoms with Crippen molar-refractivity contribution in [2.45, 2.75) is 19.8 Å². The summed E-state index contributed by atoms with van der Waals surface area (Å²) in [4.78, 5) is 0. The molecule has 0 aliphatic heterocycles. The fourth-order valence-electron chi connectivity index (χ4n) is 1.64. The molecule has 0 unspecified atom stereocenters. The predicted octanol–water partition coefficient (Wildman–Crippen LogP) is 4.16. The molecule has 19 heavy (non-hydrogen) atoms. The van der Waals surface area contributed by atoms with Crippen LogP contribution in [0.25, 0.3) is 10.6 Å². The van der Waals surface area contributed by atoms with Gasteiger partial charge in [-0.2, -0.15) is 0 Å². The van der Waals surface area contributed by atoms with Gasteiger partial charge in [0.05, 0.1) is 5.02 Å². The molecule has 0 fully saturated rings. The summed E-state index contributed by atoms with van der Waals surface area (Å²) >= 11 is 11.1. The molecule has 0 spiro atoms. The maximum atomic E-state index is 5.99. The average molecular weight is 361 g/mol. The van der Waals surface area contributed by atoms with E-state index < -0.39 is 0 Å². The molecule has 0 aliphatic rings. The zero-order valence-electron chi connectivity index (χ0n) is 10.6. The molecule has 1 N–H and O–H groups in total. The Hall–Kier alpha value is -0.490. The first-order valence-corrected chi connectivity index (χ1v) is 8.18. The monoisotopic (exact) mass is 359 g/mol. The Morgan fingerprint density at radius 2 is 2.21 bits per heavy atom. The van der Waals surface area contributed by atoms with Crippen LogP contribution in [0.3, 0.4) is 0 Å². The van der Waals surface area contributed by atoms with Gasteiger partial charge in [0.25, 0.3) is 0 Å². The quantitative estimate of drug-likeness (QED) is 0.786. The summed E-state index contributed by atoms with van der Waals surface area (Å²) < 4.78 is 0.885. The standard InChI is InChI=1S/C13H15BrClN3S/c1-2-16-7-3-4-12-17-18-13(19-12)9-5-6-11(15)10(14)8-9/h5-6,8,16H,2-4,7H2,1H3. The fourth-order valence-corrected chi connectivity index (χ4v) is 3.02. The van der Waals surface area contributed by atoms with E-state index in [1.54, 1.807) is 11.3 Å². The van der Waals surface area contributed by atoms with Gasteiger partial charge < -0.3 is 5.32 Å². The molecule has 0 bridgehead atoms. The lowest BCUT2D eigenvalue weighted by Gasteiger charge is -1.99. The molecular weight excluding hydrogens is 346 g/mol. The van der Waals surface area contributed by atoms with Crippen LogP contribution in [0.2, 0.25) is 5.02 Å². The number of nitrogens with one attached hydrogen (secondary N) is 1. The first-order chi connectivity index (χ1) is 9.20. The Morgan fingerprint density at radius 3 is 2.95 bits per heavy atom. The topological polar surface area (TPSA) is 37.8 Å². The van der Waals surface area contributed by atoms with Crippen LogP contribution in [-0.4, -0.2) is 23.3 Å². The first-order valence-electron chi connectivity index (χ1n) is 6.19. The number of benzene rings is 1. The molecular formula is C13H15BrClN3S. The van der Waals surface area contributed by atoms with E-state index in [0.29, 0.717) is 5.02 Å². The molecule has 6 heteroatoms. The van der Waals surface area contributed by atoms with Gasteiger partial charge in [-0.3, -0.25) is 0 Å². The maximum Gasteiger partial charge on any atom is 0.147 e. The zero-order valence-corrected chi connectivity index (χ0v) is 13.8. The van der Waals surface area contributed by atoms with E-state index in [1.807, 2.05) is 18.2 Å². The highest BCUT2D eigenvalue weighted by atomic mass is 79.9. The third-order valence-corrected chi connectivity index (χ3v) is 4.87. The van der Waals surface area contributed by atoms with Gasteiger partial charge in [-0.15, -0.1) is 10.2 Å². The molecule has 102 valence electrons. The summed E-state index contributed by atoms with van der Waals surface area (Å²) in [6, 6.07) is 5.81. The van der Waals surface area contributed by atoms with Crippen molar-refractivity contribution >= 4 is 38.9 Å². The van der Waals surface area contributed by atoms with E-state index in [4.69, 9.17) is 11.6 Å². The van der Waals surface area contributed by atoms with Crippen LogP contribution in [0, 0.1) is 0 Å². The minimum atomic E-state index is 0.708. The van der Waals surface area contributed by atoms with Crippen LogP contribution in [0.1, 0.15) is 18.4 Å². The second kappa shape index (κ2) is 7.33. The molecule has 2 aromatic rings. The van der Waals surface area contributed by atoms with Crippen molar-refractivity contribution in [1.82, 2.24) is 15.5 Å². The van der Waals surface area contributed by atoms with Crippen LogP contribution in [0.5, 0.6) is 0 Å².